The molecule has 220 valence electrons. The molecule has 42 heavy (non-hydrogen) atoms. The van der Waals surface area contributed by atoms with E-state index in [-0.39, 0.29) is 11.9 Å². The highest BCUT2D eigenvalue weighted by Gasteiger charge is 2.44. The molecule has 4 aromatic rings. The Morgan fingerprint density at radius 1 is 1.02 bits per heavy atom. The molecule has 2 fully saturated rings. The maximum atomic E-state index is 13.7. The van der Waals surface area contributed by atoms with Crippen LogP contribution in [0.5, 0.6) is 11.5 Å². The average molecular weight is 574 g/mol. The van der Waals surface area contributed by atoms with Gasteiger partial charge in [-0.3, -0.25) is 4.90 Å². The second-order valence-corrected chi connectivity index (χ2v) is 10.9. The van der Waals surface area contributed by atoms with Gasteiger partial charge in [0.05, 0.1) is 31.5 Å². The average Bonchev–Trinajstić information content (AvgIpc) is 3.70. The molecule has 1 saturated heterocycles. The summed E-state index contributed by atoms with van der Waals surface area (Å²) in [4.78, 5) is 19.1. The van der Waals surface area contributed by atoms with Crippen molar-refractivity contribution in [1.29, 1.82) is 0 Å². The van der Waals surface area contributed by atoms with Crippen LogP contribution >= 0.6 is 0 Å². The van der Waals surface area contributed by atoms with Gasteiger partial charge in [0.25, 0.3) is 6.01 Å². The highest BCUT2D eigenvalue weighted by molar-refractivity contribution is 5.93. The van der Waals surface area contributed by atoms with Gasteiger partial charge in [0.15, 0.2) is 5.58 Å². The number of ether oxygens (including phenoxy) is 3. The van der Waals surface area contributed by atoms with Crippen molar-refractivity contribution in [3.8, 4) is 22.6 Å². The molecule has 6 rings (SSSR count). The summed E-state index contributed by atoms with van der Waals surface area (Å²) >= 11 is 0. The third-order valence-corrected chi connectivity index (χ3v) is 8.36. The third-order valence-electron chi connectivity index (χ3n) is 8.36. The summed E-state index contributed by atoms with van der Waals surface area (Å²) in [6, 6.07) is 17.0. The first-order valence-electron chi connectivity index (χ1n) is 14.6. The molecule has 1 unspecified atom stereocenters. The Balaban J connectivity index is 1.18. The van der Waals surface area contributed by atoms with Crippen molar-refractivity contribution in [2.24, 2.45) is 5.92 Å². The number of hydrogen-bond acceptors (Lipinski definition) is 8. The highest BCUT2D eigenvalue weighted by Crippen LogP contribution is 2.43. The van der Waals surface area contributed by atoms with Crippen LogP contribution in [0.25, 0.3) is 22.2 Å². The number of hydrogen-bond donors (Lipinski definition) is 1. The molecule has 0 spiro atoms. The van der Waals surface area contributed by atoms with E-state index in [0.29, 0.717) is 47.9 Å². The number of aromatic nitrogens is 1. The van der Waals surface area contributed by atoms with E-state index < -0.39 is 5.97 Å². The van der Waals surface area contributed by atoms with Crippen LogP contribution in [-0.2, 0) is 11.3 Å². The van der Waals surface area contributed by atoms with Gasteiger partial charge in [-0.05, 0) is 99.2 Å². The number of nitrogens with zero attached hydrogens (tertiary/aromatic N) is 2. The first kappa shape index (κ1) is 28.0. The van der Waals surface area contributed by atoms with Gasteiger partial charge in [0.1, 0.15) is 22.8 Å². The molecule has 0 radical (unpaired) electrons. The number of halogens is 1. The van der Waals surface area contributed by atoms with Crippen molar-refractivity contribution in [3.05, 3.63) is 71.5 Å². The molecule has 1 saturated carbocycles. The summed E-state index contributed by atoms with van der Waals surface area (Å²) in [5, 5.41) is 3.54. The monoisotopic (exact) mass is 573 g/mol. The molecule has 0 bridgehead atoms. The van der Waals surface area contributed by atoms with Crippen LogP contribution in [0.1, 0.15) is 49.0 Å². The van der Waals surface area contributed by atoms with E-state index in [1.165, 1.54) is 19.2 Å². The number of oxazole rings is 1. The minimum Gasteiger partial charge on any atom is -0.493 e. The number of fused-ring (bicyclic) bond motifs is 2. The van der Waals surface area contributed by atoms with Gasteiger partial charge in [-0.1, -0.05) is 12.1 Å². The molecule has 1 aliphatic heterocycles. The van der Waals surface area contributed by atoms with Crippen LogP contribution in [0.3, 0.4) is 0 Å². The predicted molar refractivity (Wildman–Crippen MR) is 158 cm³/mol. The summed E-state index contributed by atoms with van der Waals surface area (Å²) in [6.45, 7) is 6.75. The Labute approximate surface area is 244 Å². The molecule has 2 heterocycles. The second kappa shape index (κ2) is 12.0. The number of nitrogens with one attached hydrogen (secondary N) is 1. The Morgan fingerprint density at radius 3 is 2.45 bits per heavy atom. The largest absolute Gasteiger partial charge is 0.493 e. The van der Waals surface area contributed by atoms with E-state index in [2.05, 4.69) is 27.3 Å². The van der Waals surface area contributed by atoms with Gasteiger partial charge in [-0.15, -0.1) is 0 Å². The predicted octanol–water partition coefficient (Wildman–Crippen LogP) is 6.68. The van der Waals surface area contributed by atoms with Crippen LogP contribution in [0.15, 0.2) is 59.0 Å². The Morgan fingerprint density at radius 2 is 1.76 bits per heavy atom. The number of rotatable bonds is 10. The van der Waals surface area contributed by atoms with E-state index in [0.717, 1.165) is 60.5 Å². The number of likely N-dealkylation sites (tertiary alicyclic amines) is 1. The van der Waals surface area contributed by atoms with Gasteiger partial charge in [-0.25, -0.2) is 9.18 Å². The number of methoxy groups -OCH3 is 1. The van der Waals surface area contributed by atoms with Gasteiger partial charge >= 0.3 is 5.97 Å². The molecule has 1 aromatic heterocycles. The van der Waals surface area contributed by atoms with Crippen molar-refractivity contribution < 1.29 is 27.8 Å². The minimum absolute atomic E-state index is 0.256. The number of anilines is 1. The van der Waals surface area contributed by atoms with Gasteiger partial charge in [0.2, 0.25) is 0 Å². The second-order valence-electron chi connectivity index (χ2n) is 10.9. The quantitative estimate of drug-likeness (QED) is 0.210. The standard InChI is InChI=1S/C33H36FN3O5/c1-4-40-29-16-20(17-30(41-5-2)31(29)21-6-9-23(34)10-7-21)19-37-15-14-24-25(11-12-27(24)37)35-33-36-26-18-22(32(38)39-3)8-13-28(26)42-33/h6-10,13,16-18,24-25,27H,4-5,11-12,14-15,19H2,1-3H3,(H,35,36)/t24-,25?,27+/m0/s1. The molecule has 1 aliphatic carbocycles. The normalized spacial score (nSPS) is 20.0. The fraction of sp³-hybridized carbons (Fsp3) is 0.394. The Bertz CT molecular complexity index is 1540. The first-order valence-corrected chi connectivity index (χ1v) is 14.6. The lowest BCUT2D eigenvalue weighted by Crippen LogP contribution is -2.32. The number of carbonyl (C=O) groups is 1. The van der Waals surface area contributed by atoms with E-state index >= 15 is 0 Å². The molecule has 2 aliphatic rings. The number of esters is 1. The molecule has 0 amide bonds. The molecular weight excluding hydrogens is 537 g/mol. The maximum absolute atomic E-state index is 13.7. The van der Waals surface area contributed by atoms with E-state index in [1.54, 1.807) is 30.3 Å². The molecule has 1 N–H and O–H groups in total. The van der Waals surface area contributed by atoms with Crippen LogP contribution in [0.2, 0.25) is 0 Å². The maximum Gasteiger partial charge on any atom is 0.337 e. The zero-order valence-electron chi connectivity index (χ0n) is 24.2. The Kier molecular flexibility index (Phi) is 8.02. The molecule has 3 aromatic carbocycles. The van der Waals surface area contributed by atoms with E-state index in [9.17, 15) is 9.18 Å². The lowest BCUT2D eigenvalue weighted by molar-refractivity contribution is 0.0601. The van der Waals surface area contributed by atoms with Crippen LogP contribution in [0.4, 0.5) is 10.4 Å². The SMILES string of the molecule is CCOc1cc(CN2CC[C@H]3C(Nc4nc5cc(C(=O)OC)ccc5o4)CC[C@H]32)cc(OCC)c1-c1ccc(F)cc1. The zero-order valence-corrected chi connectivity index (χ0v) is 24.2. The van der Waals surface area contributed by atoms with E-state index in [1.807, 2.05) is 13.8 Å². The number of benzene rings is 3. The van der Waals surface area contributed by atoms with Crippen LogP contribution in [0, 0.1) is 11.7 Å². The summed E-state index contributed by atoms with van der Waals surface area (Å²) < 4.78 is 36.6. The lowest BCUT2D eigenvalue weighted by Gasteiger charge is -2.25. The highest BCUT2D eigenvalue weighted by atomic mass is 19.1. The summed E-state index contributed by atoms with van der Waals surface area (Å²) in [6.07, 6.45) is 3.19. The smallest absolute Gasteiger partial charge is 0.337 e. The first-order chi connectivity index (χ1) is 20.5. The van der Waals surface area contributed by atoms with E-state index in [4.69, 9.17) is 18.6 Å². The molecule has 8 nitrogen and oxygen atoms in total. The van der Waals surface area contributed by atoms with Crippen LogP contribution < -0.4 is 14.8 Å². The zero-order chi connectivity index (χ0) is 29.2. The van der Waals surface area contributed by atoms with Gasteiger partial charge in [0, 0.05) is 18.6 Å². The molecular formula is C33H36FN3O5. The molecule has 9 heteroatoms. The topological polar surface area (TPSA) is 86.1 Å². The van der Waals surface area contributed by atoms with Crippen molar-refractivity contribution in [2.75, 3.05) is 32.2 Å². The van der Waals surface area contributed by atoms with Crippen molar-refractivity contribution >= 4 is 23.1 Å². The van der Waals surface area contributed by atoms with Crippen molar-refractivity contribution in [2.45, 2.75) is 51.7 Å². The fourth-order valence-electron chi connectivity index (χ4n) is 6.55. The van der Waals surface area contributed by atoms with Crippen molar-refractivity contribution in [1.82, 2.24) is 9.88 Å². The number of carbonyl (C=O) groups excluding carboxylic acids is 1. The third kappa shape index (κ3) is 5.53. The summed E-state index contributed by atoms with van der Waals surface area (Å²) in [7, 11) is 1.36. The molecule has 3 atom stereocenters. The summed E-state index contributed by atoms with van der Waals surface area (Å²) in [5.74, 6) is 1.30. The van der Waals surface area contributed by atoms with Gasteiger partial charge in [-0.2, -0.15) is 4.98 Å². The fourth-order valence-corrected chi connectivity index (χ4v) is 6.55. The minimum atomic E-state index is -0.397. The van der Waals surface area contributed by atoms with Crippen molar-refractivity contribution in [3.63, 3.8) is 0 Å². The lowest BCUT2D eigenvalue weighted by atomic mass is 9.99. The Hall–Kier alpha value is -4.11. The van der Waals surface area contributed by atoms with Gasteiger partial charge < -0.3 is 23.9 Å². The summed E-state index contributed by atoms with van der Waals surface area (Å²) in [5.41, 5.74) is 4.55. The van der Waals surface area contributed by atoms with Crippen LogP contribution in [-0.4, -0.2) is 54.8 Å².